The summed E-state index contributed by atoms with van der Waals surface area (Å²) in [4.78, 5) is 40.3. The fourth-order valence-electron chi connectivity index (χ4n) is 6.78. The summed E-state index contributed by atoms with van der Waals surface area (Å²) in [6, 6.07) is 19.6. The van der Waals surface area contributed by atoms with Gasteiger partial charge in [-0.3, -0.25) is 9.59 Å². The number of hydrogen-bond donors (Lipinski definition) is 4. The average Bonchev–Trinajstić information content (AvgIpc) is 4.17. The van der Waals surface area contributed by atoms with Gasteiger partial charge < -0.3 is 30.7 Å². The van der Waals surface area contributed by atoms with Crippen LogP contribution in [0.1, 0.15) is 96.4 Å². The van der Waals surface area contributed by atoms with Crippen molar-refractivity contribution in [1.82, 2.24) is 24.8 Å². The van der Waals surface area contributed by atoms with E-state index in [9.17, 15) is 9.59 Å². The molecule has 0 aliphatic carbocycles. The standard InChI is InChI=1S/C21H20ClN3OS.C18H18ClN3S.C6H15N.C4H8O.C3H3ClO.2CH4/c1-2-20(26)25-19-13-14(4-8-18(19)22)3-6-16(27)7-5-15-9-11-23-21-17(15)10-12-24-21;19-16-6-2-12(11-17(16)20)1-4-14(23)5-3-13-7-9-21-18-15(13)8-10-22-18;1-4-7(5-2)6-3;1-2-4-5-3-1;1-2-3(4)5;;/h2,4,8-13H,1,3,5-7H2,(H,23,24)(H,25,26);2,6-11H,1,3-5,20H2,(H,21,22);4-6H2,1-3H3;1-4H2;2H,1H2;2*1H4. The van der Waals surface area contributed by atoms with E-state index in [0.717, 1.165) is 103 Å². The maximum Gasteiger partial charge on any atom is 0.247 e. The summed E-state index contributed by atoms with van der Waals surface area (Å²) in [6.45, 7) is 18.7. The molecule has 0 spiro atoms. The number of nitrogens with zero attached hydrogens (tertiary/aromatic N) is 3. The topological polar surface area (TPSA) is 142 Å². The molecule has 1 fully saturated rings. The largest absolute Gasteiger partial charge is 0.398 e. The number of allylic oxidation sites excluding steroid dienone is 1. The van der Waals surface area contributed by atoms with Gasteiger partial charge in [0.15, 0.2) is 0 Å². The Balaban J connectivity index is 0.000000508. The molecule has 69 heavy (non-hydrogen) atoms. The van der Waals surface area contributed by atoms with Crippen LogP contribution in [-0.4, -0.2) is 78.6 Å². The lowest BCUT2D eigenvalue weighted by Crippen LogP contribution is -2.21. The minimum Gasteiger partial charge on any atom is -0.398 e. The van der Waals surface area contributed by atoms with Crippen LogP contribution in [0.25, 0.3) is 22.1 Å². The van der Waals surface area contributed by atoms with Gasteiger partial charge in [-0.15, -0.1) is 0 Å². The van der Waals surface area contributed by atoms with Crippen LogP contribution >= 0.6 is 59.2 Å². The minimum atomic E-state index is -0.509. The van der Waals surface area contributed by atoms with E-state index in [1.54, 1.807) is 6.07 Å². The maximum atomic E-state index is 11.5. The number of rotatable bonds is 18. The van der Waals surface area contributed by atoms with Crippen LogP contribution in [0.3, 0.4) is 0 Å². The molecule has 15 heteroatoms. The lowest BCUT2D eigenvalue weighted by molar-refractivity contribution is -0.112. The average molecular weight is 1040 g/mol. The van der Waals surface area contributed by atoms with Gasteiger partial charge in [0.2, 0.25) is 11.1 Å². The summed E-state index contributed by atoms with van der Waals surface area (Å²) in [7, 11) is 0. The van der Waals surface area contributed by atoms with E-state index in [-0.39, 0.29) is 20.8 Å². The van der Waals surface area contributed by atoms with E-state index in [2.05, 4.69) is 76.2 Å². The van der Waals surface area contributed by atoms with E-state index >= 15 is 0 Å². The van der Waals surface area contributed by atoms with Crippen molar-refractivity contribution in [2.24, 2.45) is 0 Å². The number of aromatic amines is 2. The number of nitrogens with one attached hydrogen (secondary N) is 3. The molecule has 0 atom stereocenters. The van der Waals surface area contributed by atoms with Crippen LogP contribution in [0.4, 0.5) is 11.4 Å². The van der Waals surface area contributed by atoms with Crippen molar-refractivity contribution in [2.45, 2.75) is 99.8 Å². The number of thiocarbonyl (C=S) groups is 2. The van der Waals surface area contributed by atoms with E-state index in [1.165, 1.54) is 60.6 Å². The Morgan fingerprint density at radius 3 is 1.57 bits per heavy atom. The van der Waals surface area contributed by atoms with Gasteiger partial charge in [0, 0.05) is 48.8 Å². The molecule has 7 rings (SSSR count). The molecule has 0 radical (unpaired) electrons. The summed E-state index contributed by atoms with van der Waals surface area (Å²) < 4.78 is 4.94. The molecule has 2 aromatic carbocycles. The summed E-state index contributed by atoms with van der Waals surface area (Å²) in [5.74, 6) is -0.280. The Hall–Kier alpha value is -4.79. The Bertz CT molecular complexity index is 2490. The fraction of sp³-hybridized carbons (Fsp3) is 0.370. The van der Waals surface area contributed by atoms with Gasteiger partial charge in [-0.2, -0.15) is 0 Å². The zero-order valence-electron chi connectivity index (χ0n) is 38.9. The number of carbonyl (C=O) groups excluding carboxylic acids is 2. The summed E-state index contributed by atoms with van der Waals surface area (Å²) >= 11 is 27.9. The van der Waals surface area contributed by atoms with E-state index in [0.29, 0.717) is 21.4 Å². The normalized spacial score (nSPS) is 11.1. The van der Waals surface area contributed by atoms with Crippen molar-refractivity contribution in [3.63, 3.8) is 0 Å². The number of hydrogen-bond acceptors (Lipinski definition) is 9. The molecule has 10 nitrogen and oxygen atoms in total. The van der Waals surface area contributed by atoms with Crippen molar-refractivity contribution >= 4 is 114 Å². The Morgan fingerprint density at radius 1 is 0.725 bits per heavy atom. The molecule has 0 bridgehead atoms. The molecular formula is C54H72Cl3N7O3S2. The van der Waals surface area contributed by atoms with Crippen molar-refractivity contribution in [3.8, 4) is 0 Å². The zero-order valence-corrected chi connectivity index (χ0v) is 42.8. The highest BCUT2D eigenvalue weighted by Gasteiger charge is 2.09. The number of amides is 1. The van der Waals surface area contributed by atoms with E-state index in [1.807, 2.05) is 67.3 Å². The first-order valence-electron chi connectivity index (χ1n) is 22.5. The van der Waals surface area contributed by atoms with Crippen molar-refractivity contribution in [2.75, 3.05) is 43.9 Å². The number of aromatic nitrogens is 4. The van der Waals surface area contributed by atoms with Gasteiger partial charge in [-0.25, -0.2) is 9.97 Å². The molecule has 1 amide bonds. The third kappa shape index (κ3) is 23.6. The number of carbonyl (C=O) groups is 2. The molecular weight excluding hydrogens is 965 g/mol. The summed E-state index contributed by atoms with van der Waals surface area (Å²) in [5, 5.41) is 5.65. The fourth-order valence-corrected chi connectivity index (χ4v) is 7.47. The number of anilines is 2. The molecule has 5 heterocycles. The number of fused-ring (bicyclic) bond motifs is 2. The third-order valence-corrected chi connectivity index (χ3v) is 12.3. The van der Waals surface area contributed by atoms with E-state index < -0.39 is 5.24 Å². The van der Waals surface area contributed by atoms with Gasteiger partial charge in [0.05, 0.1) is 21.4 Å². The van der Waals surface area contributed by atoms with Gasteiger partial charge in [0.1, 0.15) is 11.3 Å². The van der Waals surface area contributed by atoms with Crippen LogP contribution < -0.4 is 11.1 Å². The molecule has 1 aliphatic rings. The molecule has 4 aromatic heterocycles. The number of aryl methyl sites for hydroxylation is 4. The quantitative estimate of drug-likeness (QED) is 0.0286. The van der Waals surface area contributed by atoms with Crippen LogP contribution in [0.5, 0.6) is 0 Å². The third-order valence-electron chi connectivity index (χ3n) is 10.7. The maximum absolute atomic E-state index is 11.5. The SMILES string of the molecule is C.C.C1CCOC1.C=CC(=O)Cl.C=CC(=O)Nc1cc(CCC(=S)CCc2ccnc3[nH]ccc23)ccc1Cl.CCN(CC)CC.Nc1cc(CCC(=S)CCc2ccnc3[nH]ccc23)ccc1Cl. The summed E-state index contributed by atoms with van der Waals surface area (Å²) in [6.07, 6.45) is 19.3. The number of H-pyrrole nitrogens is 2. The monoisotopic (exact) mass is 1040 g/mol. The number of nitrogens with two attached hydrogens (primary N) is 1. The van der Waals surface area contributed by atoms with Gasteiger partial charge in [0.25, 0.3) is 0 Å². The smallest absolute Gasteiger partial charge is 0.247 e. The van der Waals surface area contributed by atoms with Gasteiger partial charge >= 0.3 is 0 Å². The number of benzene rings is 2. The Labute approximate surface area is 436 Å². The zero-order chi connectivity index (χ0) is 49.0. The predicted molar refractivity (Wildman–Crippen MR) is 305 cm³/mol. The number of nitrogen functional groups attached to an aromatic ring is 1. The second-order valence-electron chi connectivity index (χ2n) is 15.3. The highest BCUT2D eigenvalue weighted by Crippen LogP contribution is 2.25. The molecule has 1 aliphatic heterocycles. The number of halogens is 3. The molecule has 1 saturated heterocycles. The van der Waals surface area contributed by atoms with Crippen molar-refractivity contribution in [1.29, 1.82) is 0 Å². The van der Waals surface area contributed by atoms with Crippen LogP contribution in [-0.2, 0) is 40.0 Å². The lowest BCUT2D eigenvalue weighted by Gasteiger charge is -2.13. The van der Waals surface area contributed by atoms with Gasteiger partial charge in [-0.05, 0) is 188 Å². The lowest BCUT2D eigenvalue weighted by atomic mass is 10.0. The first-order valence-corrected chi connectivity index (χ1v) is 24.5. The molecule has 0 saturated carbocycles. The first kappa shape index (κ1) is 62.2. The Kier molecular flexibility index (Phi) is 31.9. The highest BCUT2D eigenvalue weighted by atomic mass is 35.5. The first-order chi connectivity index (χ1) is 32.3. The second-order valence-corrected chi connectivity index (χ2v) is 17.6. The molecule has 5 N–H and O–H groups in total. The minimum absolute atomic E-state index is 0. The summed E-state index contributed by atoms with van der Waals surface area (Å²) in [5.41, 5.74) is 13.7. The second kappa shape index (κ2) is 35.3. The van der Waals surface area contributed by atoms with Gasteiger partial charge in [-0.1, -0.05) is 109 Å². The van der Waals surface area contributed by atoms with Crippen molar-refractivity contribution in [3.05, 3.63) is 143 Å². The predicted octanol–water partition coefficient (Wildman–Crippen LogP) is 14.4. The van der Waals surface area contributed by atoms with Crippen LogP contribution in [0.15, 0.2) is 111 Å². The Morgan fingerprint density at radius 2 is 1.17 bits per heavy atom. The van der Waals surface area contributed by atoms with Crippen LogP contribution in [0.2, 0.25) is 10.0 Å². The van der Waals surface area contributed by atoms with Crippen molar-refractivity contribution < 1.29 is 14.3 Å². The highest BCUT2D eigenvalue weighted by molar-refractivity contribution is 7.80. The molecule has 374 valence electrons. The number of ether oxygens (including phenoxy) is 1. The number of pyridine rings is 2. The molecule has 0 unspecified atom stereocenters. The van der Waals surface area contributed by atoms with Crippen LogP contribution in [0, 0.1) is 0 Å². The van der Waals surface area contributed by atoms with E-state index in [4.69, 9.17) is 69.7 Å². The molecule has 6 aromatic rings.